The Kier molecular flexibility index (Phi) is 4.80. The van der Waals surface area contributed by atoms with Gasteiger partial charge in [0.1, 0.15) is 0 Å². The van der Waals surface area contributed by atoms with Gasteiger partial charge in [-0.05, 0) is 25.2 Å². The maximum atomic E-state index is 4.68. The van der Waals surface area contributed by atoms with Gasteiger partial charge in [-0.1, -0.05) is 25.6 Å². The van der Waals surface area contributed by atoms with Crippen LogP contribution in [0.2, 0.25) is 0 Å². The van der Waals surface area contributed by atoms with Crippen LogP contribution in [0.15, 0.2) is 17.4 Å². The number of hydrogen-bond acceptors (Lipinski definition) is 5. The van der Waals surface area contributed by atoms with Crippen molar-refractivity contribution in [3.63, 3.8) is 0 Å². The van der Waals surface area contributed by atoms with Gasteiger partial charge in [-0.2, -0.15) is 0 Å². The van der Waals surface area contributed by atoms with E-state index in [0.717, 1.165) is 28.9 Å². The molecular formula is C14H22N4S. The molecule has 104 valence electrons. The van der Waals surface area contributed by atoms with E-state index in [1.165, 1.54) is 12.8 Å². The number of aryl methyl sites for hydroxylation is 1. The average molecular weight is 278 g/mol. The first-order chi connectivity index (χ1) is 9.17. The van der Waals surface area contributed by atoms with Crippen LogP contribution in [-0.4, -0.2) is 27.4 Å². The fourth-order valence-corrected chi connectivity index (χ4v) is 3.29. The second-order valence-corrected chi connectivity index (χ2v) is 6.08. The zero-order valence-electron chi connectivity index (χ0n) is 11.9. The van der Waals surface area contributed by atoms with Crippen LogP contribution in [0.1, 0.15) is 38.1 Å². The SMILES string of the molecule is CCC1(CC)CN=C(NCc2cnc(C)cn2)SC1. The maximum Gasteiger partial charge on any atom is 0.156 e. The quantitative estimate of drug-likeness (QED) is 0.920. The number of thioether (sulfide) groups is 1. The first-order valence-corrected chi connectivity index (χ1v) is 7.84. The third-order valence-corrected chi connectivity index (χ3v) is 5.13. The Morgan fingerprint density at radius 2 is 2.05 bits per heavy atom. The third-order valence-electron chi connectivity index (χ3n) is 3.83. The van der Waals surface area contributed by atoms with E-state index in [4.69, 9.17) is 0 Å². The highest BCUT2D eigenvalue weighted by atomic mass is 32.2. The smallest absolute Gasteiger partial charge is 0.156 e. The van der Waals surface area contributed by atoms with Crippen molar-refractivity contribution in [3.05, 3.63) is 23.8 Å². The lowest BCUT2D eigenvalue weighted by Crippen LogP contribution is -2.34. The van der Waals surface area contributed by atoms with Crippen molar-refractivity contribution in [2.75, 3.05) is 12.3 Å². The molecule has 0 atom stereocenters. The first-order valence-electron chi connectivity index (χ1n) is 6.86. The molecule has 0 saturated heterocycles. The van der Waals surface area contributed by atoms with Crippen molar-refractivity contribution >= 4 is 16.9 Å². The summed E-state index contributed by atoms with van der Waals surface area (Å²) in [7, 11) is 0. The van der Waals surface area contributed by atoms with Crippen molar-refractivity contribution in [1.29, 1.82) is 0 Å². The van der Waals surface area contributed by atoms with Crippen LogP contribution in [0.25, 0.3) is 0 Å². The predicted molar refractivity (Wildman–Crippen MR) is 81.4 cm³/mol. The van der Waals surface area contributed by atoms with Crippen molar-refractivity contribution < 1.29 is 0 Å². The van der Waals surface area contributed by atoms with Gasteiger partial charge in [0, 0.05) is 18.5 Å². The molecule has 0 fully saturated rings. The molecule has 0 unspecified atom stereocenters. The molecule has 0 aromatic carbocycles. The van der Waals surface area contributed by atoms with Crippen LogP contribution in [0.3, 0.4) is 0 Å². The van der Waals surface area contributed by atoms with Gasteiger partial charge < -0.3 is 5.32 Å². The molecule has 1 aliphatic heterocycles. The van der Waals surface area contributed by atoms with Crippen LogP contribution >= 0.6 is 11.8 Å². The monoisotopic (exact) mass is 278 g/mol. The van der Waals surface area contributed by atoms with E-state index in [2.05, 4.69) is 34.1 Å². The Hall–Kier alpha value is -1.10. The number of amidine groups is 1. The number of hydrogen-bond donors (Lipinski definition) is 1. The van der Waals surface area contributed by atoms with Gasteiger partial charge in [-0.15, -0.1) is 0 Å². The van der Waals surface area contributed by atoms with Gasteiger partial charge in [-0.25, -0.2) is 0 Å². The van der Waals surface area contributed by atoms with Crippen LogP contribution < -0.4 is 5.32 Å². The Labute approximate surface area is 119 Å². The van der Waals surface area contributed by atoms with Crippen LogP contribution in [0.4, 0.5) is 0 Å². The molecule has 0 amide bonds. The summed E-state index contributed by atoms with van der Waals surface area (Å²) in [6.07, 6.45) is 6.03. The number of nitrogens with zero attached hydrogens (tertiary/aromatic N) is 3. The summed E-state index contributed by atoms with van der Waals surface area (Å²) in [5, 5.41) is 4.40. The number of aliphatic imine (C=N–C) groups is 1. The van der Waals surface area contributed by atoms with Crippen LogP contribution in [0, 0.1) is 12.3 Å². The molecule has 0 bridgehead atoms. The molecule has 0 radical (unpaired) electrons. The van der Waals surface area contributed by atoms with E-state index in [9.17, 15) is 0 Å². The van der Waals surface area contributed by atoms with Crippen molar-refractivity contribution in [3.8, 4) is 0 Å². The van der Waals surface area contributed by atoms with E-state index in [0.29, 0.717) is 12.0 Å². The first kappa shape index (κ1) is 14.3. The summed E-state index contributed by atoms with van der Waals surface area (Å²) in [6.45, 7) is 8.11. The van der Waals surface area contributed by atoms with Crippen molar-refractivity contribution in [2.24, 2.45) is 10.4 Å². The predicted octanol–water partition coefficient (Wildman–Crippen LogP) is 2.78. The van der Waals surface area contributed by atoms with Gasteiger partial charge in [-0.3, -0.25) is 15.0 Å². The van der Waals surface area contributed by atoms with E-state index in [-0.39, 0.29) is 0 Å². The zero-order chi connectivity index (χ0) is 13.7. The van der Waals surface area contributed by atoms with E-state index in [1.807, 2.05) is 24.9 Å². The molecule has 1 aliphatic rings. The molecule has 1 aromatic rings. The summed E-state index contributed by atoms with van der Waals surface area (Å²) >= 11 is 1.83. The fraction of sp³-hybridized carbons (Fsp3) is 0.643. The highest BCUT2D eigenvalue weighted by Crippen LogP contribution is 2.34. The normalized spacial score (nSPS) is 17.9. The Balaban J connectivity index is 1.88. The zero-order valence-corrected chi connectivity index (χ0v) is 12.8. The molecule has 4 nitrogen and oxygen atoms in total. The molecule has 2 heterocycles. The van der Waals surface area contributed by atoms with E-state index < -0.39 is 0 Å². The molecule has 0 aliphatic carbocycles. The summed E-state index contributed by atoms with van der Waals surface area (Å²) in [4.78, 5) is 13.3. The molecule has 1 aromatic heterocycles. The van der Waals surface area contributed by atoms with Gasteiger partial charge in [0.25, 0.3) is 0 Å². The molecule has 19 heavy (non-hydrogen) atoms. The second kappa shape index (κ2) is 6.37. The maximum absolute atomic E-state index is 4.68. The Morgan fingerprint density at radius 3 is 2.58 bits per heavy atom. The second-order valence-electron chi connectivity index (χ2n) is 5.12. The fourth-order valence-electron chi connectivity index (χ4n) is 2.01. The summed E-state index contributed by atoms with van der Waals surface area (Å²) in [5.41, 5.74) is 2.31. The van der Waals surface area contributed by atoms with Crippen molar-refractivity contribution in [1.82, 2.24) is 15.3 Å². The Morgan fingerprint density at radius 1 is 1.26 bits per heavy atom. The van der Waals surface area contributed by atoms with Gasteiger partial charge in [0.05, 0.1) is 24.1 Å². The van der Waals surface area contributed by atoms with E-state index in [1.54, 1.807) is 6.20 Å². The Bertz CT molecular complexity index is 437. The lowest BCUT2D eigenvalue weighted by molar-refractivity contribution is 0.318. The lowest BCUT2D eigenvalue weighted by Gasteiger charge is -2.33. The summed E-state index contributed by atoms with van der Waals surface area (Å²) in [5.74, 6) is 1.16. The minimum Gasteiger partial charge on any atom is -0.359 e. The molecule has 0 saturated carbocycles. The highest BCUT2D eigenvalue weighted by Gasteiger charge is 2.29. The molecule has 0 spiro atoms. The molecule has 5 heteroatoms. The summed E-state index contributed by atoms with van der Waals surface area (Å²) < 4.78 is 0. The number of rotatable bonds is 4. The minimum absolute atomic E-state index is 0.402. The van der Waals surface area contributed by atoms with Gasteiger partial charge in [0.15, 0.2) is 5.17 Å². The van der Waals surface area contributed by atoms with Gasteiger partial charge in [0.2, 0.25) is 0 Å². The lowest BCUT2D eigenvalue weighted by atomic mass is 9.84. The topological polar surface area (TPSA) is 50.2 Å². The van der Waals surface area contributed by atoms with E-state index >= 15 is 0 Å². The largest absolute Gasteiger partial charge is 0.359 e. The highest BCUT2D eigenvalue weighted by molar-refractivity contribution is 8.13. The number of aromatic nitrogens is 2. The number of nitrogens with one attached hydrogen (secondary N) is 1. The molecular weight excluding hydrogens is 256 g/mol. The standard InChI is InChI=1S/C14H22N4S/c1-4-14(5-2)9-18-13(19-10-14)17-8-12-7-15-11(3)6-16-12/h6-7H,4-5,8-10H2,1-3H3,(H,17,18). The minimum atomic E-state index is 0.402. The van der Waals surface area contributed by atoms with Crippen LogP contribution in [-0.2, 0) is 6.54 Å². The van der Waals surface area contributed by atoms with Gasteiger partial charge >= 0.3 is 0 Å². The summed E-state index contributed by atoms with van der Waals surface area (Å²) in [6, 6.07) is 0. The average Bonchev–Trinajstić information content (AvgIpc) is 2.47. The third kappa shape index (κ3) is 3.69. The molecule has 2 rings (SSSR count). The molecule has 1 N–H and O–H groups in total. The van der Waals surface area contributed by atoms with Crippen molar-refractivity contribution in [2.45, 2.75) is 40.2 Å². The van der Waals surface area contributed by atoms with Crippen LogP contribution in [0.5, 0.6) is 0 Å².